The Morgan fingerprint density at radius 2 is 2.14 bits per heavy atom. The van der Waals surface area contributed by atoms with Gasteiger partial charge in [-0.05, 0) is 33.8 Å². The van der Waals surface area contributed by atoms with Gasteiger partial charge in [0.2, 0.25) is 0 Å². The Morgan fingerprint density at radius 3 is 2.76 bits per heavy atom. The molecular formula is C15H21N5O. The summed E-state index contributed by atoms with van der Waals surface area (Å²) in [6.45, 7) is 8.70. The minimum Gasteiger partial charge on any atom is -0.385 e. The molecule has 6 heteroatoms. The number of carbonyl (C=O) groups is 1. The van der Waals surface area contributed by atoms with E-state index in [4.69, 9.17) is 0 Å². The van der Waals surface area contributed by atoms with Gasteiger partial charge in [-0.1, -0.05) is 0 Å². The van der Waals surface area contributed by atoms with E-state index in [1.807, 2.05) is 40.0 Å². The highest BCUT2D eigenvalue weighted by Crippen LogP contribution is 2.18. The van der Waals surface area contributed by atoms with Gasteiger partial charge >= 0.3 is 0 Å². The fourth-order valence-corrected chi connectivity index (χ4v) is 1.96. The predicted molar refractivity (Wildman–Crippen MR) is 83.7 cm³/mol. The molecule has 21 heavy (non-hydrogen) atoms. The fraction of sp³-hybridized carbons (Fsp3) is 0.400. The summed E-state index contributed by atoms with van der Waals surface area (Å²) in [6.07, 6.45) is 5.05. The molecular weight excluding hydrogens is 266 g/mol. The van der Waals surface area contributed by atoms with Crippen molar-refractivity contribution < 1.29 is 4.79 Å². The highest BCUT2D eigenvalue weighted by Gasteiger charge is 2.13. The molecule has 0 atom stereocenters. The van der Waals surface area contributed by atoms with E-state index >= 15 is 0 Å². The Kier molecular flexibility index (Phi) is 4.57. The molecule has 0 aromatic carbocycles. The second-order valence-corrected chi connectivity index (χ2v) is 5.16. The SMILES string of the molecule is CCNc1cc(C)ncc1C(=O)Nc1cnn(C(C)C)c1. The van der Waals surface area contributed by atoms with E-state index in [0.29, 0.717) is 11.3 Å². The maximum absolute atomic E-state index is 12.4. The lowest BCUT2D eigenvalue weighted by atomic mass is 10.2. The van der Waals surface area contributed by atoms with Crippen LogP contribution < -0.4 is 10.6 Å². The molecule has 0 unspecified atom stereocenters. The number of aromatic nitrogens is 3. The zero-order valence-corrected chi connectivity index (χ0v) is 12.8. The summed E-state index contributed by atoms with van der Waals surface area (Å²) < 4.78 is 1.80. The van der Waals surface area contributed by atoms with Gasteiger partial charge in [0.05, 0.1) is 23.1 Å². The zero-order valence-electron chi connectivity index (χ0n) is 12.8. The summed E-state index contributed by atoms with van der Waals surface area (Å²) in [5.41, 5.74) is 2.87. The Balaban J connectivity index is 2.19. The monoisotopic (exact) mass is 287 g/mol. The highest BCUT2D eigenvalue weighted by molar-refractivity contribution is 6.07. The van der Waals surface area contributed by atoms with Crippen LogP contribution in [0, 0.1) is 6.92 Å². The lowest BCUT2D eigenvalue weighted by Crippen LogP contribution is -2.15. The van der Waals surface area contributed by atoms with Crippen LogP contribution in [0.1, 0.15) is 42.9 Å². The van der Waals surface area contributed by atoms with E-state index < -0.39 is 0 Å². The molecule has 112 valence electrons. The van der Waals surface area contributed by atoms with Crippen molar-refractivity contribution in [2.75, 3.05) is 17.2 Å². The van der Waals surface area contributed by atoms with E-state index in [0.717, 1.165) is 17.9 Å². The van der Waals surface area contributed by atoms with Gasteiger partial charge in [0.15, 0.2) is 0 Å². The molecule has 0 aliphatic rings. The average molecular weight is 287 g/mol. The number of nitrogens with zero attached hydrogens (tertiary/aromatic N) is 3. The number of nitrogens with one attached hydrogen (secondary N) is 2. The minimum atomic E-state index is -0.193. The van der Waals surface area contributed by atoms with E-state index in [-0.39, 0.29) is 11.9 Å². The molecule has 0 aliphatic carbocycles. The molecule has 0 radical (unpaired) electrons. The molecule has 0 bridgehead atoms. The highest BCUT2D eigenvalue weighted by atomic mass is 16.1. The van der Waals surface area contributed by atoms with Crippen LogP contribution in [0.25, 0.3) is 0 Å². The summed E-state index contributed by atoms with van der Waals surface area (Å²) >= 11 is 0. The number of hydrogen-bond acceptors (Lipinski definition) is 4. The maximum Gasteiger partial charge on any atom is 0.259 e. The average Bonchev–Trinajstić information content (AvgIpc) is 2.88. The summed E-state index contributed by atoms with van der Waals surface area (Å²) in [5.74, 6) is -0.193. The number of aryl methyl sites for hydroxylation is 1. The Morgan fingerprint density at radius 1 is 1.38 bits per heavy atom. The van der Waals surface area contributed by atoms with Crippen LogP contribution in [0.2, 0.25) is 0 Å². The van der Waals surface area contributed by atoms with Gasteiger partial charge < -0.3 is 10.6 Å². The van der Waals surface area contributed by atoms with Crippen LogP contribution in [-0.4, -0.2) is 27.2 Å². The predicted octanol–water partition coefficient (Wildman–Crippen LogP) is 2.85. The molecule has 2 rings (SSSR count). The molecule has 0 spiro atoms. The van der Waals surface area contributed by atoms with Crippen LogP contribution in [0.3, 0.4) is 0 Å². The maximum atomic E-state index is 12.4. The van der Waals surface area contributed by atoms with E-state index in [1.54, 1.807) is 17.1 Å². The van der Waals surface area contributed by atoms with Crippen molar-refractivity contribution in [1.82, 2.24) is 14.8 Å². The van der Waals surface area contributed by atoms with E-state index in [2.05, 4.69) is 20.7 Å². The third kappa shape index (κ3) is 3.59. The summed E-state index contributed by atoms with van der Waals surface area (Å²) in [4.78, 5) is 16.6. The summed E-state index contributed by atoms with van der Waals surface area (Å²) in [7, 11) is 0. The third-order valence-electron chi connectivity index (χ3n) is 3.04. The smallest absolute Gasteiger partial charge is 0.259 e. The van der Waals surface area contributed by atoms with Gasteiger partial charge in [-0.3, -0.25) is 14.5 Å². The minimum absolute atomic E-state index is 0.193. The number of anilines is 2. The standard InChI is InChI=1S/C15H21N5O/c1-5-16-14-6-11(4)17-8-13(14)15(21)19-12-7-18-20(9-12)10(2)3/h6-10H,5H2,1-4H3,(H,16,17)(H,19,21). The van der Waals surface area contributed by atoms with Gasteiger partial charge in [-0.15, -0.1) is 0 Å². The largest absolute Gasteiger partial charge is 0.385 e. The first kappa shape index (κ1) is 15.0. The number of rotatable bonds is 5. The molecule has 6 nitrogen and oxygen atoms in total. The molecule has 2 aromatic rings. The second-order valence-electron chi connectivity index (χ2n) is 5.16. The van der Waals surface area contributed by atoms with Crippen LogP contribution in [-0.2, 0) is 0 Å². The first-order valence-electron chi connectivity index (χ1n) is 7.07. The van der Waals surface area contributed by atoms with Gasteiger partial charge in [0.25, 0.3) is 5.91 Å². The van der Waals surface area contributed by atoms with Gasteiger partial charge in [0.1, 0.15) is 0 Å². The number of carbonyl (C=O) groups excluding carboxylic acids is 1. The molecule has 0 saturated heterocycles. The molecule has 2 heterocycles. The van der Waals surface area contributed by atoms with E-state index in [1.165, 1.54) is 0 Å². The lowest BCUT2D eigenvalue weighted by Gasteiger charge is -2.10. The number of pyridine rings is 1. The summed E-state index contributed by atoms with van der Waals surface area (Å²) in [6, 6.07) is 2.13. The van der Waals surface area contributed by atoms with Crippen molar-refractivity contribution in [2.45, 2.75) is 33.7 Å². The third-order valence-corrected chi connectivity index (χ3v) is 3.04. The Labute approximate surface area is 124 Å². The molecule has 0 saturated carbocycles. The van der Waals surface area contributed by atoms with Crippen LogP contribution >= 0.6 is 0 Å². The molecule has 1 amide bonds. The Bertz CT molecular complexity index is 633. The quantitative estimate of drug-likeness (QED) is 0.887. The van der Waals surface area contributed by atoms with Gasteiger partial charge in [0, 0.05) is 30.7 Å². The summed E-state index contributed by atoms with van der Waals surface area (Å²) in [5, 5.41) is 10.2. The molecule has 0 aliphatic heterocycles. The van der Waals surface area contributed by atoms with Crippen molar-refractivity contribution in [3.63, 3.8) is 0 Å². The number of hydrogen-bond donors (Lipinski definition) is 2. The van der Waals surface area contributed by atoms with Gasteiger partial charge in [-0.2, -0.15) is 5.10 Å². The van der Waals surface area contributed by atoms with Gasteiger partial charge in [-0.25, -0.2) is 0 Å². The second kappa shape index (κ2) is 6.39. The lowest BCUT2D eigenvalue weighted by molar-refractivity contribution is 0.102. The van der Waals surface area contributed by atoms with Crippen molar-refractivity contribution in [3.05, 3.63) is 35.9 Å². The number of amides is 1. The molecule has 0 fully saturated rings. The zero-order chi connectivity index (χ0) is 15.4. The Hall–Kier alpha value is -2.37. The van der Waals surface area contributed by atoms with Crippen molar-refractivity contribution in [2.24, 2.45) is 0 Å². The van der Waals surface area contributed by atoms with Crippen LogP contribution in [0.15, 0.2) is 24.7 Å². The first-order chi connectivity index (χ1) is 10.0. The van der Waals surface area contributed by atoms with Crippen LogP contribution in [0.4, 0.5) is 11.4 Å². The van der Waals surface area contributed by atoms with Crippen molar-refractivity contribution in [3.8, 4) is 0 Å². The normalized spacial score (nSPS) is 10.7. The van der Waals surface area contributed by atoms with Crippen molar-refractivity contribution in [1.29, 1.82) is 0 Å². The molecule has 2 aromatic heterocycles. The topological polar surface area (TPSA) is 71.8 Å². The van der Waals surface area contributed by atoms with Crippen molar-refractivity contribution >= 4 is 17.3 Å². The molecule has 2 N–H and O–H groups in total. The fourth-order valence-electron chi connectivity index (χ4n) is 1.96. The first-order valence-corrected chi connectivity index (χ1v) is 7.07. The van der Waals surface area contributed by atoms with Crippen LogP contribution in [0.5, 0.6) is 0 Å². The van der Waals surface area contributed by atoms with E-state index in [9.17, 15) is 4.79 Å².